The average molecular weight is 357 g/mol. The summed E-state index contributed by atoms with van der Waals surface area (Å²) in [6.07, 6.45) is 5.09. The first-order chi connectivity index (χ1) is 9.60. The fourth-order valence-electron chi connectivity index (χ4n) is 2.80. The van der Waals surface area contributed by atoms with Crippen LogP contribution in [0.2, 0.25) is 0 Å². The van der Waals surface area contributed by atoms with Gasteiger partial charge in [-0.25, -0.2) is 0 Å². The van der Waals surface area contributed by atoms with Gasteiger partial charge in [0.1, 0.15) is 5.75 Å². The highest BCUT2D eigenvalue weighted by Crippen LogP contribution is 2.28. The largest absolute Gasteiger partial charge is 0.497 e. The summed E-state index contributed by atoms with van der Waals surface area (Å²) in [5.74, 6) is 0.880. The molecule has 1 fully saturated rings. The van der Waals surface area contributed by atoms with Gasteiger partial charge in [0.15, 0.2) is 0 Å². The molecule has 1 aliphatic rings. The predicted octanol–water partition coefficient (Wildman–Crippen LogP) is 3.49. The van der Waals surface area contributed by atoms with Crippen LogP contribution in [0.25, 0.3) is 0 Å². The van der Waals surface area contributed by atoms with Gasteiger partial charge in [0.05, 0.1) is 12.1 Å². The number of halogens is 1. The number of rotatable bonds is 6. The summed E-state index contributed by atoms with van der Waals surface area (Å²) >= 11 is 8.72. The van der Waals surface area contributed by atoms with E-state index in [2.05, 4.69) is 26.9 Å². The third-order valence-corrected chi connectivity index (χ3v) is 4.73. The van der Waals surface area contributed by atoms with Crippen LogP contribution in [0.4, 0.5) is 0 Å². The lowest BCUT2D eigenvalue weighted by Gasteiger charge is -2.28. The Morgan fingerprint density at radius 2 is 2.15 bits per heavy atom. The van der Waals surface area contributed by atoms with Gasteiger partial charge in [-0.15, -0.1) is 0 Å². The van der Waals surface area contributed by atoms with Gasteiger partial charge in [-0.1, -0.05) is 41.0 Å². The minimum atomic E-state index is 0.566. The van der Waals surface area contributed by atoms with E-state index in [-0.39, 0.29) is 0 Å². The molecule has 0 atom stereocenters. The number of ether oxygens (including phenoxy) is 1. The number of benzene rings is 1. The molecule has 1 saturated carbocycles. The molecule has 0 bridgehead atoms. The number of methoxy groups -OCH3 is 1. The number of hydrogen-bond acceptors (Lipinski definition) is 3. The summed E-state index contributed by atoms with van der Waals surface area (Å²) in [5.41, 5.74) is 6.98. The molecular formula is C15H21BrN2OS. The quantitative estimate of drug-likeness (QED) is 0.791. The zero-order chi connectivity index (χ0) is 14.5. The molecule has 0 aliphatic heterocycles. The molecule has 110 valence electrons. The van der Waals surface area contributed by atoms with E-state index in [1.54, 1.807) is 7.11 Å². The fourth-order valence-corrected chi connectivity index (χ4v) is 3.34. The lowest BCUT2D eigenvalue weighted by Crippen LogP contribution is -2.38. The molecule has 20 heavy (non-hydrogen) atoms. The highest BCUT2D eigenvalue weighted by atomic mass is 79.9. The SMILES string of the molecule is COc1ccc(Br)c(CN(CC(N)=S)C2CCCC2)c1. The number of nitrogens with two attached hydrogens (primary N) is 1. The predicted molar refractivity (Wildman–Crippen MR) is 90.1 cm³/mol. The van der Waals surface area contributed by atoms with E-state index in [0.29, 0.717) is 17.6 Å². The van der Waals surface area contributed by atoms with E-state index < -0.39 is 0 Å². The van der Waals surface area contributed by atoms with E-state index in [0.717, 1.165) is 16.8 Å². The van der Waals surface area contributed by atoms with Crippen molar-refractivity contribution in [2.45, 2.75) is 38.3 Å². The van der Waals surface area contributed by atoms with Gasteiger partial charge in [-0.05, 0) is 36.6 Å². The standard InChI is InChI=1S/C15H21BrN2OS/c1-19-13-6-7-14(16)11(8-13)9-18(10-15(17)20)12-4-2-3-5-12/h6-8,12H,2-5,9-10H2,1H3,(H2,17,20). The average Bonchev–Trinajstić information content (AvgIpc) is 2.94. The Kier molecular flexibility index (Phi) is 5.81. The summed E-state index contributed by atoms with van der Waals surface area (Å²) in [5, 5.41) is 0. The first-order valence-electron chi connectivity index (χ1n) is 6.95. The zero-order valence-corrected chi connectivity index (χ0v) is 14.2. The third kappa shape index (κ3) is 4.17. The minimum absolute atomic E-state index is 0.566. The zero-order valence-electron chi connectivity index (χ0n) is 11.8. The summed E-state index contributed by atoms with van der Waals surface area (Å²) in [6.45, 7) is 1.53. The highest BCUT2D eigenvalue weighted by Gasteiger charge is 2.23. The third-order valence-electron chi connectivity index (χ3n) is 3.83. The molecule has 1 aliphatic carbocycles. The van der Waals surface area contributed by atoms with E-state index >= 15 is 0 Å². The van der Waals surface area contributed by atoms with Crippen molar-refractivity contribution in [3.05, 3.63) is 28.2 Å². The maximum Gasteiger partial charge on any atom is 0.119 e. The number of thiocarbonyl (C=S) groups is 1. The molecule has 2 rings (SSSR count). The Labute approximate surface area is 134 Å². The molecule has 0 saturated heterocycles. The lowest BCUT2D eigenvalue weighted by atomic mass is 10.1. The van der Waals surface area contributed by atoms with Gasteiger partial charge in [0, 0.05) is 23.6 Å². The van der Waals surface area contributed by atoms with E-state index in [1.807, 2.05) is 12.1 Å². The Morgan fingerprint density at radius 3 is 2.75 bits per heavy atom. The van der Waals surface area contributed by atoms with Crippen molar-refractivity contribution in [1.29, 1.82) is 0 Å². The topological polar surface area (TPSA) is 38.5 Å². The van der Waals surface area contributed by atoms with Gasteiger partial charge < -0.3 is 10.5 Å². The molecule has 0 radical (unpaired) electrons. The molecule has 0 amide bonds. The molecule has 0 unspecified atom stereocenters. The van der Waals surface area contributed by atoms with Crippen molar-refractivity contribution in [1.82, 2.24) is 4.90 Å². The van der Waals surface area contributed by atoms with Crippen molar-refractivity contribution >= 4 is 33.1 Å². The van der Waals surface area contributed by atoms with E-state index in [1.165, 1.54) is 31.2 Å². The van der Waals surface area contributed by atoms with Crippen molar-refractivity contribution in [3.63, 3.8) is 0 Å². The van der Waals surface area contributed by atoms with Crippen LogP contribution in [0.5, 0.6) is 5.75 Å². The minimum Gasteiger partial charge on any atom is -0.497 e. The van der Waals surface area contributed by atoms with Crippen LogP contribution in [0.3, 0.4) is 0 Å². The first kappa shape index (κ1) is 15.7. The van der Waals surface area contributed by atoms with Crippen molar-refractivity contribution in [3.8, 4) is 5.75 Å². The normalized spacial score (nSPS) is 15.8. The lowest BCUT2D eigenvalue weighted by molar-refractivity contribution is 0.218. The molecule has 0 heterocycles. The monoisotopic (exact) mass is 356 g/mol. The van der Waals surface area contributed by atoms with Crippen molar-refractivity contribution in [2.75, 3.05) is 13.7 Å². The fraction of sp³-hybridized carbons (Fsp3) is 0.533. The molecule has 2 N–H and O–H groups in total. The van der Waals surface area contributed by atoms with Crippen LogP contribution in [-0.4, -0.2) is 29.6 Å². The van der Waals surface area contributed by atoms with Crippen LogP contribution in [-0.2, 0) is 6.54 Å². The summed E-state index contributed by atoms with van der Waals surface area (Å²) in [4.78, 5) is 2.96. The van der Waals surface area contributed by atoms with Crippen molar-refractivity contribution < 1.29 is 4.74 Å². The van der Waals surface area contributed by atoms with Crippen LogP contribution in [0.1, 0.15) is 31.2 Å². The summed E-state index contributed by atoms with van der Waals surface area (Å²) in [6, 6.07) is 6.66. The van der Waals surface area contributed by atoms with E-state index in [9.17, 15) is 0 Å². The molecule has 3 nitrogen and oxygen atoms in total. The molecule has 0 aromatic heterocycles. The smallest absolute Gasteiger partial charge is 0.119 e. The Balaban J connectivity index is 2.15. The first-order valence-corrected chi connectivity index (χ1v) is 8.15. The maximum atomic E-state index is 5.76. The van der Waals surface area contributed by atoms with Crippen LogP contribution >= 0.6 is 28.1 Å². The highest BCUT2D eigenvalue weighted by molar-refractivity contribution is 9.10. The van der Waals surface area contributed by atoms with Gasteiger partial charge in [0.25, 0.3) is 0 Å². The molecular weight excluding hydrogens is 336 g/mol. The van der Waals surface area contributed by atoms with Gasteiger partial charge in [-0.3, -0.25) is 4.90 Å². The second-order valence-corrected chi connectivity index (χ2v) is 6.65. The molecule has 1 aromatic rings. The van der Waals surface area contributed by atoms with Gasteiger partial charge >= 0.3 is 0 Å². The Hall–Kier alpha value is -0.650. The van der Waals surface area contributed by atoms with Crippen molar-refractivity contribution in [2.24, 2.45) is 5.73 Å². The second kappa shape index (κ2) is 7.38. The summed E-state index contributed by atoms with van der Waals surface area (Å²) in [7, 11) is 1.69. The number of nitrogens with zero attached hydrogens (tertiary/aromatic N) is 1. The Morgan fingerprint density at radius 1 is 1.45 bits per heavy atom. The molecule has 1 aromatic carbocycles. The van der Waals surface area contributed by atoms with Gasteiger partial charge in [0.2, 0.25) is 0 Å². The molecule has 5 heteroatoms. The maximum absolute atomic E-state index is 5.76. The second-order valence-electron chi connectivity index (χ2n) is 5.27. The molecule has 0 spiro atoms. The number of hydrogen-bond donors (Lipinski definition) is 1. The van der Waals surface area contributed by atoms with E-state index in [4.69, 9.17) is 22.7 Å². The van der Waals surface area contributed by atoms with Crippen LogP contribution in [0.15, 0.2) is 22.7 Å². The van der Waals surface area contributed by atoms with Crippen LogP contribution < -0.4 is 10.5 Å². The Bertz CT molecular complexity index is 475. The summed E-state index contributed by atoms with van der Waals surface area (Å²) < 4.78 is 6.41. The van der Waals surface area contributed by atoms with Gasteiger partial charge in [-0.2, -0.15) is 0 Å². The van der Waals surface area contributed by atoms with Crippen LogP contribution in [0, 0.1) is 0 Å².